The summed E-state index contributed by atoms with van der Waals surface area (Å²) in [5.41, 5.74) is 0. The van der Waals surface area contributed by atoms with E-state index in [0.29, 0.717) is 6.04 Å². The van der Waals surface area contributed by atoms with Gasteiger partial charge in [0.1, 0.15) is 6.04 Å². The number of hydrogen-bond acceptors (Lipinski definition) is 4. The van der Waals surface area contributed by atoms with Crippen LogP contribution in [0.5, 0.6) is 0 Å². The van der Waals surface area contributed by atoms with Crippen molar-refractivity contribution in [3.8, 4) is 0 Å². The Kier molecular flexibility index (Phi) is 5.81. The summed E-state index contributed by atoms with van der Waals surface area (Å²) in [5.74, 6) is 0.244. The molecule has 0 aromatic rings. The fourth-order valence-corrected chi connectivity index (χ4v) is 3.48. The molecule has 5 heteroatoms. The minimum Gasteiger partial charge on any atom is -0.347 e. The number of amides is 1. The smallest absolute Gasteiger partial charge is 0.240 e. The normalized spacial score (nSPS) is 26.6. The Balaban J connectivity index is 1.93. The van der Waals surface area contributed by atoms with Crippen molar-refractivity contribution in [2.75, 3.05) is 53.4 Å². The van der Waals surface area contributed by atoms with Crippen molar-refractivity contribution in [3.63, 3.8) is 0 Å². The van der Waals surface area contributed by atoms with Gasteiger partial charge in [0.15, 0.2) is 0 Å². The molecule has 2 heterocycles. The van der Waals surface area contributed by atoms with Gasteiger partial charge < -0.3 is 15.1 Å². The molecule has 0 spiro atoms. The van der Waals surface area contributed by atoms with Gasteiger partial charge in [-0.25, -0.2) is 0 Å². The summed E-state index contributed by atoms with van der Waals surface area (Å²) < 4.78 is 0. The summed E-state index contributed by atoms with van der Waals surface area (Å²) >= 11 is 0. The van der Waals surface area contributed by atoms with Crippen LogP contribution in [0.2, 0.25) is 0 Å². The third-order valence-corrected chi connectivity index (χ3v) is 4.58. The standard InChI is InChI=1S/C15H30N4O/c1-4-8-18-9-5-13(6-10-18)19-11-7-16-12-14(19)15(20)17(2)3/h13-14,16H,4-12H2,1-3H3. The predicted molar refractivity (Wildman–Crippen MR) is 81.8 cm³/mol. The molecular weight excluding hydrogens is 252 g/mol. The maximum absolute atomic E-state index is 12.4. The Morgan fingerprint density at radius 3 is 2.55 bits per heavy atom. The monoisotopic (exact) mass is 282 g/mol. The topological polar surface area (TPSA) is 38.8 Å². The first-order valence-corrected chi connectivity index (χ1v) is 8.03. The van der Waals surface area contributed by atoms with E-state index in [9.17, 15) is 4.79 Å². The highest BCUT2D eigenvalue weighted by molar-refractivity contribution is 5.81. The predicted octanol–water partition coefficient (Wildman–Crippen LogP) is 0.223. The van der Waals surface area contributed by atoms with E-state index in [2.05, 4.69) is 22.0 Å². The summed E-state index contributed by atoms with van der Waals surface area (Å²) in [6.45, 7) is 8.64. The van der Waals surface area contributed by atoms with Gasteiger partial charge in [-0.2, -0.15) is 0 Å². The lowest BCUT2D eigenvalue weighted by Gasteiger charge is -2.44. The first-order chi connectivity index (χ1) is 9.63. The molecule has 1 unspecified atom stereocenters. The number of nitrogens with one attached hydrogen (secondary N) is 1. The van der Waals surface area contributed by atoms with E-state index in [1.54, 1.807) is 4.90 Å². The van der Waals surface area contributed by atoms with Crippen molar-refractivity contribution in [2.45, 2.75) is 38.3 Å². The Bertz CT molecular complexity index is 313. The molecule has 0 bridgehead atoms. The van der Waals surface area contributed by atoms with Gasteiger partial charge in [0.05, 0.1) is 0 Å². The van der Waals surface area contributed by atoms with Crippen molar-refractivity contribution in [3.05, 3.63) is 0 Å². The summed E-state index contributed by atoms with van der Waals surface area (Å²) in [4.78, 5) is 19.1. The number of likely N-dealkylation sites (N-methyl/N-ethyl adjacent to an activating group) is 1. The highest BCUT2D eigenvalue weighted by atomic mass is 16.2. The molecule has 0 aromatic carbocycles. The van der Waals surface area contributed by atoms with Crippen LogP contribution in [0, 0.1) is 0 Å². The molecule has 1 atom stereocenters. The highest BCUT2D eigenvalue weighted by Crippen LogP contribution is 2.20. The average Bonchev–Trinajstić information content (AvgIpc) is 2.47. The maximum Gasteiger partial charge on any atom is 0.240 e. The van der Waals surface area contributed by atoms with E-state index < -0.39 is 0 Å². The second kappa shape index (κ2) is 7.38. The van der Waals surface area contributed by atoms with Gasteiger partial charge >= 0.3 is 0 Å². The Labute approximate surface area is 123 Å². The number of rotatable bonds is 4. The fourth-order valence-electron chi connectivity index (χ4n) is 3.48. The number of likely N-dealkylation sites (tertiary alicyclic amines) is 1. The number of piperazine rings is 1. The van der Waals surface area contributed by atoms with Gasteiger partial charge in [-0.1, -0.05) is 6.92 Å². The zero-order valence-corrected chi connectivity index (χ0v) is 13.3. The van der Waals surface area contributed by atoms with E-state index >= 15 is 0 Å². The third-order valence-electron chi connectivity index (χ3n) is 4.58. The molecule has 0 radical (unpaired) electrons. The molecule has 5 nitrogen and oxygen atoms in total. The van der Waals surface area contributed by atoms with E-state index in [4.69, 9.17) is 0 Å². The number of piperidine rings is 1. The molecule has 0 saturated carbocycles. The SMILES string of the molecule is CCCN1CCC(N2CCNCC2C(=O)N(C)C)CC1. The van der Waals surface area contributed by atoms with Crippen LogP contribution in [0.4, 0.5) is 0 Å². The lowest BCUT2D eigenvalue weighted by atomic mass is 9.99. The van der Waals surface area contributed by atoms with Gasteiger partial charge in [0, 0.05) is 39.8 Å². The lowest BCUT2D eigenvalue weighted by Crippen LogP contribution is -2.61. The molecule has 1 amide bonds. The van der Waals surface area contributed by atoms with Crippen molar-refractivity contribution in [1.29, 1.82) is 0 Å². The van der Waals surface area contributed by atoms with Gasteiger partial charge in [0.25, 0.3) is 0 Å². The first-order valence-electron chi connectivity index (χ1n) is 8.03. The van der Waals surface area contributed by atoms with Crippen molar-refractivity contribution < 1.29 is 4.79 Å². The molecule has 2 aliphatic rings. The largest absolute Gasteiger partial charge is 0.347 e. The minimum atomic E-state index is 0.0291. The Hall–Kier alpha value is -0.650. The van der Waals surface area contributed by atoms with Gasteiger partial charge in [0.2, 0.25) is 5.91 Å². The van der Waals surface area contributed by atoms with E-state index in [0.717, 1.165) is 19.6 Å². The highest BCUT2D eigenvalue weighted by Gasteiger charge is 2.35. The fraction of sp³-hybridized carbons (Fsp3) is 0.933. The Morgan fingerprint density at radius 2 is 1.95 bits per heavy atom. The summed E-state index contributed by atoms with van der Waals surface area (Å²) in [7, 11) is 3.72. The summed E-state index contributed by atoms with van der Waals surface area (Å²) in [6, 6.07) is 0.612. The molecule has 2 rings (SSSR count). The molecule has 116 valence electrons. The number of carbonyl (C=O) groups excluding carboxylic acids is 1. The van der Waals surface area contributed by atoms with Crippen LogP contribution in [0.25, 0.3) is 0 Å². The molecule has 20 heavy (non-hydrogen) atoms. The third kappa shape index (κ3) is 3.71. The summed E-state index contributed by atoms with van der Waals surface area (Å²) in [6.07, 6.45) is 3.65. The average molecular weight is 282 g/mol. The quantitative estimate of drug-likeness (QED) is 0.801. The summed E-state index contributed by atoms with van der Waals surface area (Å²) in [5, 5.41) is 3.37. The van der Waals surface area contributed by atoms with E-state index in [1.165, 1.54) is 38.9 Å². The molecular formula is C15H30N4O. The molecule has 1 N–H and O–H groups in total. The number of carbonyl (C=O) groups is 1. The van der Waals surface area contributed by atoms with Crippen molar-refractivity contribution >= 4 is 5.91 Å². The second-order valence-electron chi connectivity index (χ2n) is 6.26. The zero-order chi connectivity index (χ0) is 14.5. The van der Waals surface area contributed by atoms with Crippen LogP contribution in [0.15, 0.2) is 0 Å². The van der Waals surface area contributed by atoms with E-state index in [1.807, 2.05) is 14.1 Å². The van der Waals surface area contributed by atoms with Gasteiger partial charge in [-0.05, 0) is 38.9 Å². The van der Waals surface area contributed by atoms with Crippen molar-refractivity contribution in [1.82, 2.24) is 20.0 Å². The van der Waals surface area contributed by atoms with Crippen LogP contribution in [-0.2, 0) is 4.79 Å². The maximum atomic E-state index is 12.4. The number of hydrogen-bond donors (Lipinski definition) is 1. The van der Waals surface area contributed by atoms with Crippen molar-refractivity contribution in [2.24, 2.45) is 0 Å². The first kappa shape index (κ1) is 15.7. The molecule has 2 saturated heterocycles. The molecule has 2 aliphatic heterocycles. The van der Waals surface area contributed by atoms with Crippen LogP contribution in [0.1, 0.15) is 26.2 Å². The van der Waals surface area contributed by atoms with Crippen LogP contribution in [-0.4, -0.2) is 86.1 Å². The van der Waals surface area contributed by atoms with Crippen LogP contribution < -0.4 is 5.32 Å². The lowest BCUT2D eigenvalue weighted by molar-refractivity contribution is -0.136. The van der Waals surface area contributed by atoms with Gasteiger partial charge in [-0.15, -0.1) is 0 Å². The van der Waals surface area contributed by atoms with Crippen LogP contribution >= 0.6 is 0 Å². The second-order valence-corrected chi connectivity index (χ2v) is 6.26. The molecule has 0 aromatic heterocycles. The minimum absolute atomic E-state index is 0.0291. The van der Waals surface area contributed by atoms with Gasteiger partial charge in [-0.3, -0.25) is 9.69 Å². The van der Waals surface area contributed by atoms with E-state index in [-0.39, 0.29) is 11.9 Å². The molecule has 0 aliphatic carbocycles. The van der Waals surface area contributed by atoms with Crippen LogP contribution in [0.3, 0.4) is 0 Å². The zero-order valence-electron chi connectivity index (χ0n) is 13.3. The molecule has 2 fully saturated rings. The Morgan fingerprint density at radius 1 is 1.25 bits per heavy atom. The number of nitrogens with zero attached hydrogens (tertiary/aromatic N) is 3.